The number of para-hydroxylation sites is 1. The lowest BCUT2D eigenvalue weighted by Crippen LogP contribution is -2.59. The molecule has 2 aromatic heterocycles. The molecule has 0 radical (unpaired) electrons. The molecule has 15 aromatic rings. The molecule has 0 saturated carbocycles. The quantitative estimate of drug-likeness (QED) is 0.111. The normalized spacial score (nSPS) is 13.3. The molecule has 0 fully saturated rings. The Morgan fingerprint density at radius 2 is 0.719 bits per heavy atom. The zero-order valence-electron chi connectivity index (χ0n) is 52.6. The van der Waals surface area contributed by atoms with Gasteiger partial charge >= 0.3 is 0 Å². The van der Waals surface area contributed by atoms with Crippen LogP contribution in [-0.2, 0) is 21.7 Å². The molecule has 0 amide bonds. The van der Waals surface area contributed by atoms with Crippen molar-refractivity contribution in [3.05, 3.63) is 282 Å². The number of benzene rings is 13. The van der Waals surface area contributed by atoms with Crippen LogP contribution in [0.25, 0.3) is 121 Å². The molecule has 2 nitrogen and oxygen atoms in total. The largest absolute Gasteiger partial charge is 0.310 e. The number of nitrogens with zero attached hydrogens (tertiary/aromatic N) is 2. The van der Waals surface area contributed by atoms with Gasteiger partial charge in [0.15, 0.2) is 0 Å². The van der Waals surface area contributed by atoms with E-state index in [1.165, 1.54) is 170 Å². The van der Waals surface area contributed by atoms with E-state index in [0.717, 1.165) is 0 Å². The first-order valence-corrected chi connectivity index (χ1v) is 32.0. The summed E-state index contributed by atoms with van der Waals surface area (Å²) in [6.07, 6.45) is 0. The Bertz CT molecular complexity index is 5320. The van der Waals surface area contributed by atoms with Crippen LogP contribution in [0.15, 0.2) is 249 Å². The minimum absolute atomic E-state index is 0.0376. The van der Waals surface area contributed by atoms with Crippen LogP contribution < -0.4 is 16.4 Å². The summed E-state index contributed by atoms with van der Waals surface area (Å²) in [6, 6.07) is 95.9. The van der Waals surface area contributed by atoms with Gasteiger partial charge in [0.05, 0.1) is 11.0 Å². The van der Waals surface area contributed by atoms with Gasteiger partial charge in [-0.1, -0.05) is 282 Å². The number of hydrogen-bond donors (Lipinski definition) is 0. The van der Waals surface area contributed by atoms with Crippen molar-refractivity contribution in [2.24, 2.45) is 0 Å². The minimum Gasteiger partial charge on any atom is -0.310 e. The molecule has 0 aliphatic carbocycles. The maximum absolute atomic E-state index is 2.70. The average molecular weight is 1140 g/mol. The SMILES string of the molecule is CC(C)(C)c1ccc2c(c1)c1cc(C(C)(C)C)cc3c1n2-c1cc(-c2c(-c4ccc(C(C)(C)c5ccccc5)cc4)cccc2-c2ccc(C(C)(C)c4ccccc4)cc2)cc2c1B3c1cccc3c4c5c6ccccc6c6ccccc6c5ccc4n-2c13. The molecule has 3 heteroatoms. The molecule has 13 aromatic carbocycles. The van der Waals surface area contributed by atoms with Crippen molar-refractivity contribution in [3.8, 4) is 44.8 Å². The fraction of sp³-hybridized carbons (Fsp3) is 0.163. The highest BCUT2D eigenvalue weighted by atomic mass is 15.0. The van der Waals surface area contributed by atoms with Gasteiger partial charge in [0.25, 0.3) is 6.71 Å². The monoisotopic (exact) mass is 1140 g/mol. The summed E-state index contributed by atoms with van der Waals surface area (Å²) in [5.41, 5.74) is 26.2. The van der Waals surface area contributed by atoms with Crippen LogP contribution in [0.1, 0.15) is 103 Å². The second-order valence-electron chi connectivity index (χ2n) is 28.8. The molecule has 2 aliphatic heterocycles. The van der Waals surface area contributed by atoms with Gasteiger partial charge in [0.2, 0.25) is 0 Å². The molecule has 2 aliphatic rings. The van der Waals surface area contributed by atoms with Crippen molar-refractivity contribution in [1.82, 2.24) is 9.13 Å². The Morgan fingerprint density at radius 3 is 1.28 bits per heavy atom. The van der Waals surface area contributed by atoms with Crippen molar-refractivity contribution in [2.45, 2.75) is 90.9 Å². The van der Waals surface area contributed by atoms with Gasteiger partial charge in [-0.15, -0.1) is 0 Å². The molecule has 0 saturated heterocycles. The Labute approximate surface area is 522 Å². The van der Waals surface area contributed by atoms with Crippen molar-refractivity contribution in [1.29, 1.82) is 0 Å². The molecular weight excluding hydrogens is 1070 g/mol. The van der Waals surface area contributed by atoms with E-state index < -0.39 is 0 Å². The van der Waals surface area contributed by atoms with Crippen molar-refractivity contribution in [3.63, 3.8) is 0 Å². The van der Waals surface area contributed by atoms with Gasteiger partial charge in [0, 0.05) is 60.2 Å². The average Bonchev–Trinajstić information content (AvgIpc) is 1.57. The molecular formula is C86H71BN2. The molecule has 0 bridgehead atoms. The highest BCUT2D eigenvalue weighted by Gasteiger charge is 2.43. The minimum atomic E-state index is -0.189. The summed E-state index contributed by atoms with van der Waals surface area (Å²) >= 11 is 0. The third kappa shape index (κ3) is 7.77. The van der Waals surface area contributed by atoms with E-state index in [4.69, 9.17) is 0 Å². The smallest absolute Gasteiger partial charge is 0.252 e. The Kier molecular flexibility index (Phi) is 11.4. The van der Waals surface area contributed by atoms with E-state index >= 15 is 0 Å². The van der Waals surface area contributed by atoms with Crippen molar-refractivity contribution < 1.29 is 0 Å². The molecule has 0 N–H and O–H groups in total. The first kappa shape index (κ1) is 53.5. The molecule has 89 heavy (non-hydrogen) atoms. The van der Waals surface area contributed by atoms with Crippen molar-refractivity contribution >= 4 is 99.0 Å². The second kappa shape index (κ2) is 18.9. The number of rotatable bonds is 7. The van der Waals surface area contributed by atoms with Crippen molar-refractivity contribution in [2.75, 3.05) is 0 Å². The van der Waals surface area contributed by atoms with E-state index in [2.05, 4.69) is 327 Å². The summed E-state index contributed by atoms with van der Waals surface area (Å²) in [6.45, 7) is 23.6. The van der Waals surface area contributed by atoms with E-state index in [-0.39, 0.29) is 28.4 Å². The van der Waals surface area contributed by atoms with Crippen LogP contribution in [0, 0.1) is 0 Å². The highest BCUT2D eigenvalue weighted by molar-refractivity contribution is 7.00. The van der Waals surface area contributed by atoms with E-state index in [1.54, 1.807) is 0 Å². The second-order valence-corrected chi connectivity index (χ2v) is 28.8. The molecule has 17 rings (SSSR count). The van der Waals surface area contributed by atoms with E-state index in [1.807, 2.05) is 0 Å². The van der Waals surface area contributed by atoms with Crippen LogP contribution in [0.3, 0.4) is 0 Å². The Balaban J connectivity index is 1.01. The number of hydrogen-bond acceptors (Lipinski definition) is 0. The predicted octanol–water partition coefficient (Wildman–Crippen LogP) is 20.7. The Hall–Kier alpha value is -9.70. The summed E-state index contributed by atoms with van der Waals surface area (Å²) < 4.78 is 5.39. The zero-order chi connectivity index (χ0) is 60.6. The summed E-state index contributed by atoms with van der Waals surface area (Å²) in [4.78, 5) is 0. The van der Waals surface area contributed by atoms with Gasteiger partial charge in [0.1, 0.15) is 0 Å². The van der Waals surface area contributed by atoms with Crippen LogP contribution in [0.4, 0.5) is 0 Å². The first-order valence-electron chi connectivity index (χ1n) is 32.0. The lowest BCUT2D eigenvalue weighted by atomic mass is 9.34. The Morgan fingerprint density at radius 1 is 0.281 bits per heavy atom. The third-order valence-corrected chi connectivity index (χ3v) is 21.0. The maximum Gasteiger partial charge on any atom is 0.252 e. The van der Waals surface area contributed by atoms with Crippen LogP contribution in [0.2, 0.25) is 0 Å². The number of fused-ring (bicyclic) bond motifs is 17. The summed E-state index contributed by atoms with van der Waals surface area (Å²) in [7, 11) is 0. The lowest BCUT2D eigenvalue weighted by Gasteiger charge is -2.35. The molecule has 0 spiro atoms. The van der Waals surface area contributed by atoms with E-state index in [9.17, 15) is 0 Å². The van der Waals surface area contributed by atoms with Gasteiger partial charge in [-0.25, -0.2) is 0 Å². The number of aromatic nitrogens is 2. The maximum atomic E-state index is 2.70. The fourth-order valence-electron chi connectivity index (χ4n) is 16.0. The van der Waals surface area contributed by atoms with Crippen LogP contribution >= 0.6 is 0 Å². The zero-order valence-corrected chi connectivity index (χ0v) is 52.6. The van der Waals surface area contributed by atoms with E-state index in [0.29, 0.717) is 0 Å². The lowest BCUT2D eigenvalue weighted by molar-refractivity contribution is 0.590. The van der Waals surface area contributed by atoms with Crippen LogP contribution in [0.5, 0.6) is 0 Å². The van der Waals surface area contributed by atoms with Gasteiger partial charge in [-0.05, 0) is 157 Å². The van der Waals surface area contributed by atoms with Gasteiger partial charge < -0.3 is 9.13 Å². The molecule has 428 valence electrons. The topological polar surface area (TPSA) is 9.86 Å². The summed E-state index contributed by atoms with van der Waals surface area (Å²) in [5.74, 6) is 0. The summed E-state index contributed by atoms with van der Waals surface area (Å²) in [5, 5.41) is 13.0. The highest BCUT2D eigenvalue weighted by Crippen LogP contribution is 2.49. The van der Waals surface area contributed by atoms with Gasteiger partial charge in [-0.3, -0.25) is 0 Å². The van der Waals surface area contributed by atoms with Gasteiger partial charge in [-0.2, -0.15) is 0 Å². The molecule has 4 heterocycles. The molecule has 0 atom stereocenters. The fourth-order valence-corrected chi connectivity index (χ4v) is 16.0. The first-order chi connectivity index (χ1) is 42.9. The standard InChI is InChI=1S/C86H71BN2/c1-83(2,3)59-43-45-73-69(49-59)70-50-60(84(4,5)6)51-72-82(70)88(73)75-47-54(48-76-80(75)87(72)71-34-22-33-68-79-74(89(76)81(68)71)46-44-67-65-29-18-17-27-63(65)64-28-19-20-30-66(64)78(67)79)77-61(52-35-39-57(40-36-52)85(7,8)55-23-13-11-14-24-55)31-21-32-62(77)53-37-41-58(42-38-53)86(9,10)56-25-15-12-16-26-56/h11-51H,1-10H3. The van der Waals surface area contributed by atoms with Crippen LogP contribution in [-0.4, -0.2) is 15.8 Å². The predicted molar refractivity (Wildman–Crippen MR) is 383 cm³/mol. The molecule has 0 unspecified atom stereocenters. The third-order valence-electron chi connectivity index (χ3n) is 21.0.